The van der Waals surface area contributed by atoms with Gasteiger partial charge in [-0.3, -0.25) is 9.59 Å². The van der Waals surface area contributed by atoms with Crippen molar-refractivity contribution in [2.75, 3.05) is 0 Å². The van der Waals surface area contributed by atoms with E-state index in [1.54, 1.807) is 0 Å². The van der Waals surface area contributed by atoms with Crippen molar-refractivity contribution in [2.45, 2.75) is 12.5 Å². The van der Waals surface area contributed by atoms with E-state index in [4.69, 9.17) is 10.8 Å². The highest BCUT2D eigenvalue weighted by atomic mass is 32.1. The fourth-order valence-electron chi connectivity index (χ4n) is 1.76. The van der Waals surface area contributed by atoms with Crippen LogP contribution in [0, 0.1) is 5.82 Å². The van der Waals surface area contributed by atoms with Crippen LogP contribution in [0.15, 0.2) is 24.3 Å². The first-order valence-corrected chi connectivity index (χ1v) is 6.69. The van der Waals surface area contributed by atoms with Gasteiger partial charge in [0.25, 0.3) is 5.91 Å². The van der Waals surface area contributed by atoms with Crippen LogP contribution in [-0.2, 0) is 9.59 Å². The molecule has 0 spiro atoms. The van der Waals surface area contributed by atoms with E-state index in [-0.39, 0.29) is 4.88 Å². The number of halogens is 1. The Morgan fingerprint density at radius 1 is 1.33 bits per heavy atom. The van der Waals surface area contributed by atoms with Crippen molar-refractivity contribution >= 4 is 39.2 Å². The number of hydrogen-bond donors (Lipinski definition) is 3. The van der Waals surface area contributed by atoms with E-state index in [0.29, 0.717) is 10.1 Å². The highest BCUT2D eigenvalue weighted by molar-refractivity contribution is 7.20. The van der Waals surface area contributed by atoms with Crippen LogP contribution in [0.2, 0.25) is 0 Å². The van der Waals surface area contributed by atoms with Crippen molar-refractivity contribution in [1.29, 1.82) is 0 Å². The molecule has 110 valence electrons. The average molecular weight is 310 g/mol. The van der Waals surface area contributed by atoms with Gasteiger partial charge in [-0.2, -0.15) is 0 Å². The number of fused-ring (bicyclic) bond motifs is 1. The van der Waals surface area contributed by atoms with Gasteiger partial charge in [-0.1, -0.05) is 0 Å². The summed E-state index contributed by atoms with van der Waals surface area (Å²) >= 11 is 1.10. The SMILES string of the molecule is NC(=O)CC(NC(=O)c1cc2cc(F)ccc2s1)C(=O)O. The highest BCUT2D eigenvalue weighted by Gasteiger charge is 2.23. The van der Waals surface area contributed by atoms with Crippen LogP contribution in [-0.4, -0.2) is 28.9 Å². The predicted molar refractivity (Wildman–Crippen MR) is 74.5 cm³/mol. The summed E-state index contributed by atoms with van der Waals surface area (Å²) in [5.74, 6) is -3.26. The van der Waals surface area contributed by atoms with Gasteiger partial charge in [-0.05, 0) is 29.7 Å². The second-order valence-electron chi connectivity index (χ2n) is 4.33. The Balaban J connectivity index is 2.20. The summed E-state index contributed by atoms with van der Waals surface area (Å²) in [6, 6.07) is 4.15. The summed E-state index contributed by atoms with van der Waals surface area (Å²) < 4.78 is 13.8. The van der Waals surface area contributed by atoms with Crippen molar-refractivity contribution in [2.24, 2.45) is 5.73 Å². The van der Waals surface area contributed by atoms with Gasteiger partial charge < -0.3 is 16.2 Å². The van der Waals surface area contributed by atoms with E-state index in [2.05, 4.69) is 5.32 Å². The van der Waals surface area contributed by atoms with E-state index in [1.807, 2.05) is 0 Å². The third kappa shape index (κ3) is 3.54. The van der Waals surface area contributed by atoms with Crippen molar-refractivity contribution < 1.29 is 23.9 Å². The molecular weight excluding hydrogens is 299 g/mol. The number of carboxylic acid groups (broad SMARTS) is 1. The molecule has 0 aliphatic rings. The monoisotopic (exact) mass is 310 g/mol. The number of nitrogens with one attached hydrogen (secondary N) is 1. The summed E-state index contributed by atoms with van der Waals surface area (Å²) in [5.41, 5.74) is 4.93. The van der Waals surface area contributed by atoms with Gasteiger partial charge in [0, 0.05) is 4.70 Å². The Morgan fingerprint density at radius 3 is 2.67 bits per heavy atom. The maximum absolute atomic E-state index is 13.1. The number of hydrogen-bond acceptors (Lipinski definition) is 4. The molecule has 1 heterocycles. The van der Waals surface area contributed by atoms with Crippen LogP contribution in [0.4, 0.5) is 4.39 Å². The largest absolute Gasteiger partial charge is 0.480 e. The molecular formula is C13H11FN2O4S. The summed E-state index contributed by atoms with van der Waals surface area (Å²) in [6.45, 7) is 0. The van der Waals surface area contributed by atoms with Crippen LogP contribution in [0.1, 0.15) is 16.1 Å². The Kier molecular flexibility index (Phi) is 4.18. The van der Waals surface area contributed by atoms with Gasteiger partial charge in [0.15, 0.2) is 0 Å². The molecule has 1 aromatic heterocycles. The molecule has 2 aromatic rings. The van der Waals surface area contributed by atoms with Crippen molar-refractivity contribution in [1.82, 2.24) is 5.32 Å². The lowest BCUT2D eigenvalue weighted by molar-refractivity contribution is -0.140. The number of carboxylic acids is 1. The molecule has 1 unspecified atom stereocenters. The van der Waals surface area contributed by atoms with E-state index in [0.717, 1.165) is 11.3 Å². The summed E-state index contributed by atoms with van der Waals surface area (Å²) in [4.78, 5) is 33.9. The Labute approximate surface area is 122 Å². The summed E-state index contributed by atoms with van der Waals surface area (Å²) in [7, 11) is 0. The molecule has 6 nitrogen and oxygen atoms in total. The highest BCUT2D eigenvalue weighted by Crippen LogP contribution is 2.26. The minimum Gasteiger partial charge on any atom is -0.480 e. The average Bonchev–Trinajstić information content (AvgIpc) is 2.80. The van der Waals surface area contributed by atoms with Crippen molar-refractivity contribution in [3.05, 3.63) is 35.0 Å². The minimum atomic E-state index is -1.39. The Bertz CT molecular complexity index is 728. The summed E-state index contributed by atoms with van der Waals surface area (Å²) in [6.07, 6.45) is -0.499. The number of aliphatic carboxylic acids is 1. The Hall–Kier alpha value is -2.48. The number of nitrogens with two attached hydrogens (primary N) is 1. The molecule has 0 aliphatic heterocycles. The second-order valence-corrected chi connectivity index (χ2v) is 5.41. The third-order valence-corrected chi connectivity index (χ3v) is 3.83. The number of carbonyl (C=O) groups excluding carboxylic acids is 2. The van der Waals surface area contributed by atoms with E-state index in [1.165, 1.54) is 24.3 Å². The normalized spacial score (nSPS) is 12.0. The van der Waals surface area contributed by atoms with E-state index < -0.39 is 36.1 Å². The quantitative estimate of drug-likeness (QED) is 0.768. The molecule has 0 radical (unpaired) electrons. The fraction of sp³-hybridized carbons (Fsp3) is 0.154. The Morgan fingerprint density at radius 2 is 2.05 bits per heavy atom. The molecule has 8 heteroatoms. The number of benzene rings is 1. The maximum Gasteiger partial charge on any atom is 0.326 e. The molecule has 2 rings (SSSR count). The molecule has 0 aliphatic carbocycles. The van der Waals surface area contributed by atoms with Gasteiger partial charge in [-0.25, -0.2) is 9.18 Å². The molecule has 4 N–H and O–H groups in total. The summed E-state index contributed by atoms with van der Waals surface area (Å²) in [5, 5.41) is 11.7. The number of thiophene rings is 1. The van der Waals surface area contributed by atoms with Gasteiger partial charge in [0.2, 0.25) is 5.91 Å². The van der Waals surface area contributed by atoms with Crippen molar-refractivity contribution in [3.8, 4) is 0 Å². The molecule has 0 saturated carbocycles. The zero-order valence-electron chi connectivity index (χ0n) is 10.6. The number of carbonyl (C=O) groups is 3. The molecule has 0 fully saturated rings. The van der Waals surface area contributed by atoms with E-state index in [9.17, 15) is 18.8 Å². The van der Waals surface area contributed by atoms with Crippen LogP contribution in [0.3, 0.4) is 0 Å². The zero-order chi connectivity index (χ0) is 15.6. The smallest absolute Gasteiger partial charge is 0.326 e. The van der Waals surface area contributed by atoms with E-state index >= 15 is 0 Å². The van der Waals surface area contributed by atoms with Gasteiger partial charge >= 0.3 is 5.97 Å². The lowest BCUT2D eigenvalue weighted by Gasteiger charge is -2.11. The molecule has 0 bridgehead atoms. The fourth-order valence-corrected chi connectivity index (χ4v) is 2.70. The van der Waals surface area contributed by atoms with Crippen molar-refractivity contribution in [3.63, 3.8) is 0 Å². The molecule has 2 amide bonds. The molecule has 21 heavy (non-hydrogen) atoms. The zero-order valence-corrected chi connectivity index (χ0v) is 11.4. The van der Waals surface area contributed by atoms with Crippen LogP contribution in [0.25, 0.3) is 10.1 Å². The predicted octanol–water partition coefficient (Wildman–Crippen LogP) is 1.10. The topological polar surface area (TPSA) is 109 Å². The standard InChI is InChI=1S/C13H11FN2O4S/c14-7-1-2-9-6(3-7)4-10(21-9)12(18)16-8(13(19)20)5-11(15)17/h1-4,8H,5H2,(H2,15,17)(H,16,18)(H,19,20). The third-order valence-electron chi connectivity index (χ3n) is 2.71. The van der Waals surface area contributed by atoms with Crippen LogP contribution < -0.4 is 11.1 Å². The lowest BCUT2D eigenvalue weighted by atomic mass is 10.2. The second kappa shape index (κ2) is 5.88. The van der Waals surface area contributed by atoms with Gasteiger partial charge in [0.05, 0.1) is 11.3 Å². The first-order chi connectivity index (χ1) is 9.86. The maximum atomic E-state index is 13.1. The molecule has 1 atom stereocenters. The first-order valence-electron chi connectivity index (χ1n) is 5.88. The molecule has 0 saturated heterocycles. The van der Waals surface area contributed by atoms with Crippen LogP contribution in [0.5, 0.6) is 0 Å². The van der Waals surface area contributed by atoms with Gasteiger partial charge in [-0.15, -0.1) is 11.3 Å². The van der Waals surface area contributed by atoms with Gasteiger partial charge in [0.1, 0.15) is 11.9 Å². The number of primary amides is 1. The lowest BCUT2D eigenvalue weighted by Crippen LogP contribution is -2.43. The van der Waals surface area contributed by atoms with Crippen LogP contribution >= 0.6 is 11.3 Å². The number of rotatable bonds is 5. The minimum absolute atomic E-state index is 0.228. The molecule has 1 aromatic carbocycles. The first kappa shape index (κ1) is 14.9. The number of amides is 2.